The number of rotatable bonds is 22. The fourth-order valence-electron chi connectivity index (χ4n) is 4.90. The van der Waals surface area contributed by atoms with Gasteiger partial charge in [-0.15, -0.1) is 0 Å². The number of esters is 1. The summed E-state index contributed by atoms with van der Waals surface area (Å²) in [6.07, 6.45) is 21.8. The van der Waals surface area contributed by atoms with Gasteiger partial charge in [-0.1, -0.05) is 134 Å². The van der Waals surface area contributed by atoms with Crippen LogP contribution >= 0.6 is 0 Å². The lowest BCUT2D eigenvalue weighted by molar-refractivity contribution is 0.0626. The highest BCUT2D eigenvalue weighted by Crippen LogP contribution is 2.23. The van der Waals surface area contributed by atoms with Crippen LogP contribution in [0.4, 0.5) is 0 Å². The number of unbranched alkanes of at least 4 members (excludes halogenated alkanes) is 14. The van der Waals surface area contributed by atoms with Gasteiger partial charge in [-0.05, 0) is 55.5 Å². The molecule has 1 atom stereocenters. The summed E-state index contributed by atoms with van der Waals surface area (Å²) >= 11 is 0. The fourth-order valence-corrected chi connectivity index (χ4v) is 4.90. The summed E-state index contributed by atoms with van der Waals surface area (Å²) in [5.41, 5.74) is 2.78. The van der Waals surface area contributed by atoms with Gasteiger partial charge in [0.05, 0.1) is 11.7 Å². The molecule has 2 aromatic rings. The van der Waals surface area contributed by atoms with Crippen LogP contribution < -0.4 is 4.74 Å². The highest BCUT2D eigenvalue weighted by molar-refractivity contribution is 5.91. The summed E-state index contributed by atoms with van der Waals surface area (Å²) < 4.78 is 11.9. The second-order valence-corrected chi connectivity index (χ2v) is 10.8. The summed E-state index contributed by atoms with van der Waals surface area (Å²) in [5, 5.41) is 0. The quantitative estimate of drug-likeness (QED) is 0.0876. The van der Waals surface area contributed by atoms with E-state index in [-0.39, 0.29) is 12.1 Å². The Bertz CT molecular complexity index is 858. The van der Waals surface area contributed by atoms with Crippen molar-refractivity contribution in [3.63, 3.8) is 0 Å². The van der Waals surface area contributed by atoms with E-state index < -0.39 is 0 Å². The van der Waals surface area contributed by atoms with Crippen molar-refractivity contribution >= 4 is 5.97 Å². The summed E-state index contributed by atoms with van der Waals surface area (Å²) in [4.78, 5) is 12.8. The first-order chi connectivity index (χ1) is 18.7. The third kappa shape index (κ3) is 13.6. The zero-order valence-corrected chi connectivity index (χ0v) is 24.6. The van der Waals surface area contributed by atoms with Gasteiger partial charge in [0, 0.05) is 6.61 Å². The van der Waals surface area contributed by atoms with Gasteiger partial charge in [0.2, 0.25) is 0 Å². The zero-order valence-electron chi connectivity index (χ0n) is 24.6. The Morgan fingerprint density at radius 3 is 1.79 bits per heavy atom. The first-order valence-corrected chi connectivity index (χ1v) is 15.7. The van der Waals surface area contributed by atoms with Crippen LogP contribution in [0.3, 0.4) is 0 Å². The average Bonchev–Trinajstić information content (AvgIpc) is 2.94. The van der Waals surface area contributed by atoms with E-state index in [1.165, 1.54) is 89.9 Å². The van der Waals surface area contributed by atoms with Crippen LogP contribution in [0.1, 0.15) is 151 Å². The lowest BCUT2D eigenvalue weighted by Gasteiger charge is -2.14. The van der Waals surface area contributed by atoms with E-state index in [0.29, 0.717) is 11.3 Å². The normalized spacial score (nSPS) is 12.0. The Balaban J connectivity index is 1.68. The van der Waals surface area contributed by atoms with Crippen molar-refractivity contribution in [2.75, 3.05) is 6.61 Å². The summed E-state index contributed by atoms with van der Waals surface area (Å²) in [7, 11) is 0. The lowest BCUT2D eigenvalue weighted by Crippen LogP contribution is -2.10. The largest absolute Gasteiger partial charge is 0.423 e. The first kappa shape index (κ1) is 32.1. The predicted molar refractivity (Wildman–Crippen MR) is 161 cm³/mol. The van der Waals surface area contributed by atoms with E-state index in [9.17, 15) is 4.79 Å². The molecule has 2 aromatic carbocycles. The summed E-state index contributed by atoms with van der Waals surface area (Å²) in [5.74, 6) is 0.384. The Morgan fingerprint density at radius 2 is 1.18 bits per heavy atom. The monoisotopic (exact) mass is 522 g/mol. The van der Waals surface area contributed by atoms with E-state index in [2.05, 4.69) is 26.8 Å². The van der Waals surface area contributed by atoms with E-state index in [4.69, 9.17) is 9.47 Å². The standard InChI is InChI=1S/C35H54O3/c1-4-6-8-10-12-13-14-15-17-21-29-37-30(3)31-25-27-33(28-26-31)35(36)38-34-24-20-19-23-32(34)22-18-16-11-9-7-5-2/h19-20,23-28,30H,4-18,21-22,29H2,1-3H3. The molecule has 0 fully saturated rings. The highest BCUT2D eigenvalue weighted by Gasteiger charge is 2.13. The van der Waals surface area contributed by atoms with Gasteiger partial charge in [-0.25, -0.2) is 4.79 Å². The smallest absolute Gasteiger partial charge is 0.343 e. The predicted octanol–water partition coefficient (Wildman–Crippen LogP) is 10.8. The van der Waals surface area contributed by atoms with Gasteiger partial charge in [0.15, 0.2) is 0 Å². The van der Waals surface area contributed by atoms with Crippen LogP contribution in [0.5, 0.6) is 5.75 Å². The number of hydrogen-bond acceptors (Lipinski definition) is 3. The van der Waals surface area contributed by atoms with Gasteiger partial charge >= 0.3 is 5.97 Å². The molecule has 0 saturated heterocycles. The van der Waals surface area contributed by atoms with Crippen LogP contribution in [0.2, 0.25) is 0 Å². The number of aryl methyl sites for hydroxylation is 1. The van der Waals surface area contributed by atoms with Crippen LogP contribution in [0.25, 0.3) is 0 Å². The fraction of sp³-hybridized carbons (Fsp3) is 0.629. The van der Waals surface area contributed by atoms with Gasteiger partial charge in [0.1, 0.15) is 5.75 Å². The number of carbonyl (C=O) groups is 1. The molecule has 0 spiro atoms. The number of ether oxygens (including phenoxy) is 2. The van der Waals surface area contributed by atoms with Crippen LogP contribution in [-0.2, 0) is 11.2 Å². The molecule has 0 N–H and O–H groups in total. The number of para-hydroxylation sites is 1. The van der Waals surface area contributed by atoms with E-state index in [0.717, 1.165) is 37.0 Å². The molecule has 0 aliphatic carbocycles. The Kier molecular flexibility index (Phi) is 17.5. The second-order valence-electron chi connectivity index (χ2n) is 10.8. The molecular formula is C35H54O3. The van der Waals surface area contributed by atoms with Crippen molar-refractivity contribution in [1.82, 2.24) is 0 Å². The van der Waals surface area contributed by atoms with Crippen LogP contribution in [0.15, 0.2) is 48.5 Å². The molecular weight excluding hydrogens is 468 g/mol. The third-order valence-corrected chi connectivity index (χ3v) is 7.46. The average molecular weight is 523 g/mol. The first-order valence-electron chi connectivity index (χ1n) is 15.7. The van der Waals surface area contributed by atoms with E-state index in [1.807, 2.05) is 42.5 Å². The van der Waals surface area contributed by atoms with Crippen molar-refractivity contribution in [3.8, 4) is 5.75 Å². The molecule has 3 heteroatoms. The maximum absolute atomic E-state index is 12.8. The van der Waals surface area contributed by atoms with Crippen molar-refractivity contribution in [1.29, 1.82) is 0 Å². The molecule has 3 nitrogen and oxygen atoms in total. The van der Waals surface area contributed by atoms with Crippen molar-refractivity contribution in [2.45, 2.75) is 136 Å². The van der Waals surface area contributed by atoms with Crippen molar-refractivity contribution in [2.24, 2.45) is 0 Å². The lowest BCUT2D eigenvalue weighted by atomic mass is 10.0. The summed E-state index contributed by atoms with van der Waals surface area (Å²) in [6, 6.07) is 15.6. The highest BCUT2D eigenvalue weighted by atomic mass is 16.5. The minimum Gasteiger partial charge on any atom is -0.423 e. The zero-order chi connectivity index (χ0) is 27.3. The Labute approximate surface area is 233 Å². The molecule has 0 aliphatic rings. The minimum atomic E-state index is -0.300. The third-order valence-electron chi connectivity index (χ3n) is 7.46. The maximum atomic E-state index is 12.8. The van der Waals surface area contributed by atoms with Gasteiger partial charge in [-0.3, -0.25) is 0 Å². The SMILES string of the molecule is CCCCCCCCCCCCOC(C)c1ccc(C(=O)Oc2ccccc2CCCCCCCC)cc1. The molecule has 212 valence electrons. The summed E-state index contributed by atoms with van der Waals surface area (Å²) in [6.45, 7) is 7.39. The molecule has 0 amide bonds. The number of benzene rings is 2. The molecule has 38 heavy (non-hydrogen) atoms. The Morgan fingerprint density at radius 1 is 0.658 bits per heavy atom. The molecule has 0 radical (unpaired) electrons. The molecule has 2 rings (SSSR count). The number of carbonyl (C=O) groups excluding carboxylic acids is 1. The molecule has 0 aromatic heterocycles. The second kappa shape index (κ2) is 20.8. The molecule has 0 saturated carbocycles. The molecule has 1 unspecified atom stereocenters. The van der Waals surface area contributed by atoms with Crippen molar-refractivity contribution < 1.29 is 14.3 Å². The maximum Gasteiger partial charge on any atom is 0.343 e. The topological polar surface area (TPSA) is 35.5 Å². The van der Waals surface area contributed by atoms with Crippen LogP contribution in [-0.4, -0.2) is 12.6 Å². The number of hydrogen-bond donors (Lipinski definition) is 0. The molecule has 0 bridgehead atoms. The van der Waals surface area contributed by atoms with E-state index >= 15 is 0 Å². The van der Waals surface area contributed by atoms with Crippen molar-refractivity contribution in [3.05, 3.63) is 65.2 Å². The molecule has 0 heterocycles. The van der Waals surface area contributed by atoms with Gasteiger partial charge in [0.25, 0.3) is 0 Å². The Hall–Kier alpha value is -2.13. The minimum absolute atomic E-state index is 0.0247. The van der Waals surface area contributed by atoms with E-state index in [1.54, 1.807) is 0 Å². The van der Waals surface area contributed by atoms with Gasteiger partial charge < -0.3 is 9.47 Å². The van der Waals surface area contributed by atoms with Crippen LogP contribution in [0, 0.1) is 0 Å². The molecule has 0 aliphatic heterocycles. The van der Waals surface area contributed by atoms with Gasteiger partial charge in [-0.2, -0.15) is 0 Å².